The number of hydrogen-bond donors (Lipinski definition) is 2. The fourth-order valence-corrected chi connectivity index (χ4v) is 5.88. The van der Waals surface area contributed by atoms with Gasteiger partial charge in [0, 0.05) is 10.9 Å². The summed E-state index contributed by atoms with van der Waals surface area (Å²) in [6.07, 6.45) is 1.75. The van der Waals surface area contributed by atoms with E-state index >= 15 is 0 Å². The normalized spacial score (nSPS) is 25.3. The number of aryl methyl sites for hydroxylation is 2. The summed E-state index contributed by atoms with van der Waals surface area (Å²) in [7, 11) is 0. The molecule has 1 heterocycles. The van der Waals surface area contributed by atoms with Crippen molar-refractivity contribution in [2.24, 2.45) is 23.7 Å². The number of allylic oxidation sites excluding steroid dienone is 2. The number of amides is 1. The molecular weight excluding hydrogens is 384 g/mol. The Bertz CT molecular complexity index is 1020. The van der Waals surface area contributed by atoms with E-state index in [9.17, 15) is 14.7 Å². The third-order valence-electron chi connectivity index (χ3n) is 6.54. The predicted octanol–water partition coefficient (Wildman–Crippen LogP) is 5.06. The number of carboxylic acids is 1. The van der Waals surface area contributed by atoms with E-state index in [4.69, 9.17) is 0 Å². The van der Waals surface area contributed by atoms with Crippen LogP contribution in [0, 0.1) is 37.5 Å². The molecule has 0 spiro atoms. The number of nitrogens with zero attached hydrogens (tertiary/aromatic N) is 1. The molecule has 2 N–H and O–H groups in total. The highest BCUT2D eigenvalue weighted by Gasteiger charge is 2.57. The van der Waals surface area contributed by atoms with E-state index in [0.29, 0.717) is 5.13 Å². The number of carbonyl (C=O) groups excluding carboxylic acids is 1. The van der Waals surface area contributed by atoms with Crippen LogP contribution < -0.4 is 5.32 Å². The molecule has 1 aromatic heterocycles. The number of rotatable bonds is 4. The number of aliphatic carboxylic acids is 1. The van der Waals surface area contributed by atoms with Crippen LogP contribution in [0.5, 0.6) is 0 Å². The minimum atomic E-state index is -0.869. The molecule has 0 radical (unpaired) electrons. The fraction of sp³-hybridized carbons (Fsp3) is 0.435. The minimum absolute atomic E-state index is 0.0133. The van der Waals surface area contributed by atoms with Crippen LogP contribution >= 0.6 is 11.3 Å². The van der Waals surface area contributed by atoms with Gasteiger partial charge in [0.2, 0.25) is 5.91 Å². The van der Waals surface area contributed by atoms with Crippen molar-refractivity contribution in [1.29, 1.82) is 0 Å². The molecule has 5 nitrogen and oxygen atoms in total. The average molecular weight is 411 g/mol. The maximum Gasteiger partial charge on any atom is 0.307 e. The zero-order chi connectivity index (χ0) is 20.9. The maximum atomic E-state index is 13.1. The van der Waals surface area contributed by atoms with Gasteiger partial charge >= 0.3 is 5.97 Å². The van der Waals surface area contributed by atoms with Gasteiger partial charge in [-0.3, -0.25) is 9.59 Å². The molecule has 152 valence electrons. The zero-order valence-corrected chi connectivity index (χ0v) is 18.0. The van der Waals surface area contributed by atoms with Crippen molar-refractivity contribution in [3.63, 3.8) is 0 Å². The van der Waals surface area contributed by atoms with Crippen molar-refractivity contribution in [3.05, 3.63) is 45.9 Å². The molecule has 2 saturated carbocycles. The molecule has 0 saturated heterocycles. The number of aromatic nitrogens is 1. The highest BCUT2D eigenvalue weighted by molar-refractivity contribution is 7.14. The second-order valence-corrected chi connectivity index (χ2v) is 9.32. The van der Waals surface area contributed by atoms with Gasteiger partial charge < -0.3 is 10.4 Å². The van der Waals surface area contributed by atoms with E-state index in [1.807, 2.05) is 25.3 Å². The first kappa shape index (κ1) is 19.8. The van der Waals surface area contributed by atoms with Crippen LogP contribution in [0.1, 0.15) is 37.8 Å². The topological polar surface area (TPSA) is 79.3 Å². The SMILES string of the molecule is CC(C)=C1[C@H]2CC[C@@H]1[C@@H](C(=O)O)[C@@H]2C(=O)Nc1nc(-c2ccc(C)c(C)c2)cs1. The summed E-state index contributed by atoms with van der Waals surface area (Å²) >= 11 is 1.38. The van der Waals surface area contributed by atoms with Crippen LogP contribution in [-0.4, -0.2) is 22.0 Å². The Labute approximate surface area is 174 Å². The summed E-state index contributed by atoms with van der Waals surface area (Å²) < 4.78 is 0. The number of fused-ring (bicyclic) bond motifs is 2. The average Bonchev–Trinajstić information content (AvgIpc) is 3.36. The number of carboxylic acid groups (broad SMARTS) is 1. The van der Waals surface area contributed by atoms with E-state index < -0.39 is 17.8 Å². The number of thiazole rings is 1. The highest BCUT2D eigenvalue weighted by Crippen LogP contribution is 2.57. The van der Waals surface area contributed by atoms with Crippen LogP contribution in [0.15, 0.2) is 34.7 Å². The Morgan fingerprint density at radius 3 is 2.41 bits per heavy atom. The molecule has 2 aromatic rings. The molecule has 4 atom stereocenters. The van der Waals surface area contributed by atoms with Crippen LogP contribution in [0.2, 0.25) is 0 Å². The number of anilines is 1. The summed E-state index contributed by atoms with van der Waals surface area (Å²) in [6.45, 7) is 8.18. The lowest BCUT2D eigenvalue weighted by molar-refractivity contribution is -0.148. The summed E-state index contributed by atoms with van der Waals surface area (Å²) in [4.78, 5) is 29.6. The van der Waals surface area contributed by atoms with Crippen molar-refractivity contribution in [3.8, 4) is 11.3 Å². The minimum Gasteiger partial charge on any atom is -0.481 e. The lowest BCUT2D eigenvalue weighted by atomic mass is 9.79. The quantitative estimate of drug-likeness (QED) is 0.691. The first-order valence-electron chi connectivity index (χ1n) is 10.0. The molecule has 1 aromatic carbocycles. The Kier molecular flexibility index (Phi) is 5.07. The van der Waals surface area contributed by atoms with Crippen molar-refractivity contribution >= 4 is 28.3 Å². The van der Waals surface area contributed by atoms with Crippen LogP contribution in [0.3, 0.4) is 0 Å². The van der Waals surface area contributed by atoms with Gasteiger partial charge in [-0.1, -0.05) is 23.3 Å². The van der Waals surface area contributed by atoms with Crippen molar-refractivity contribution in [2.75, 3.05) is 5.32 Å². The first-order chi connectivity index (χ1) is 13.8. The molecule has 29 heavy (non-hydrogen) atoms. The van der Waals surface area contributed by atoms with Crippen LogP contribution in [0.25, 0.3) is 11.3 Å². The van der Waals surface area contributed by atoms with Crippen molar-refractivity contribution in [1.82, 2.24) is 4.98 Å². The van der Waals surface area contributed by atoms with E-state index in [2.05, 4.69) is 36.3 Å². The van der Waals surface area contributed by atoms with Gasteiger partial charge in [-0.25, -0.2) is 4.98 Å². The molecule has 0 aliphatic heterocycles. The molecule has 1 amide bonds. The third kappa shape index (κ3) is 3.39. The monoisotopic (exact) mass is 410 g/mol. The van der Waals surface area contributed by atoms with E-state index in [-0.39, 0.29) is 17.7 Å². The molecule has 6 heteroatoms. The van der Waals surface area contributed by atoms with Crippen molar-refractivity contribution in [2.45, 2.75) is 40.5 Å². The van der Waals surface area contributed by atoms with Crippen molar-refractivity contribution < 1.29 is 14.7 Å². The molecule has 2 aliphatic carbocycles. The van der Waals surface area contributed by atoms with Gasteiger partial charge in [-0.15, -0.1) is 11.3 Å². The first-order valence-corrected chi connectivity index (χ1v) is 10.9. The Morgan fingerprint density at radius 1 is 1.10 bits per heavy atom. The molecule has 2 bridgehead atoms. The van der Waals surface area contributed by atoms with Gasteiger partial charge in [0.1, 0.15) is 0 Å². The number of carbonyl (C=O) groups is 2. The Hall–Kier alpha value is -2.47. The van der Waals surface area contributed by atoms with Crippen LogP contribution in [-0.2, 0) is 9.59 Å². The van der Waals surface area contributed by atoms with Gasteiger partial charge in [0.05, 0.1) is 17.5 Å². The summed E-state index contributed by atoms with van der Waals surface area (Å²) in [5.74, 6) is -2.23. The molecular formula is C23H26N2O3S. The predicted molar refractivity (Wildman–Crippen MR) is 115 cm³/mol. The zero-order valence-electron chi connectivity index (χ0n) is 17.2. The fourth-order valence-electron chi connectivity index (χ4n) is 5.16. The summed E-state index contributed by atoms with van der Waals surface area (Å²) in [5.41, 5.74) is 6.60. The maximum absolute atomic E-state index is 13.1. The van der Waals surface area contributed by atoms with Gasteiger partial charge in [0.25, 0.3) is 0 Å². The lowest BCUT2D eigenvalue weighted by Crippen LogP contribution is -2.37. The second kappa shape index (κ2) is 7.41. The van der Waals surface area contributed by atoms with Crippen LogP contribution in [0.4, 0.5) is 5.13 Å². The van der Waals surface area contributed by atoms with Gasteiger partial charge in [-0.2, -0.15) is 0 Å². The standard InChI is InChI=1S/C23H26N2O3S/c1-11(2)18-15-7-8-16(18)20(22(27)28)19(15)21(26)25-23-24-17(10-29-23)14-6-5-12(3)13(4)9-14/h5-6,9-10,15-16,19-20H,7-8H2,1-4H3,(H,27,28)(H,24,25,26)/t15-,16+,19-,20-/m1/s1. The van der Waals surface area contributed by atoms with E-state index in [1.54, 1.807) is 0 Å². The Balaban J connectivity index is 1.57. The second-order valence-electron chi connectivity index (χ2n) is 8.46. The largest absolute Gasteiger partial charge is 0.481 e. The molecule has 4 rings (SSSR count). The van der Waals surface area contributed by atoms with Gasteiger partial charge in [-0.05, 0) is 69.6 Å². The van der Waals surface area contributed by atoms with E-state index in [1.165, 1.54) is 28.0 Å². The summed E-state index contributed by atoms with van der Waals surface area (Å²) in [6, 6.07) is 6.18. The number of hydrogen-bond acceptors (Lipinski definition) is 4. The molecule has 0 unspecified atom stereocenters. The highest BCUT2D eigenvalue weighted by atomic mass is 32.1. The number of nitrogens with one attached hydrogen (secondary N) is 1. The smallest absolute Gasteiger partial charge is 0.307 e. The third-order valence-corrected chi connectivity index (χ3v) is 7.30. The number of benzene rings is 1. The molecule has 2 aliphatic rings. The molecule has 2 fully saturated rings. The summed E-state index contributed by atoms with van der Waals surface area (Å²) in [5, 5.41) is 15.2. The lowest BCUT2D eigenvalue weighted by Gasteiger charge is -2.25. The van der Waals surface area contributed by atoms with E-state index in [0.717, 1.165) is 29.7 Å². The van der Waals surface area contributed by atoms with Gasteiger partial charge in [0.15, 0.2) is 5.13 Å². The Morgan fingerprint density at radius 2 is 1.79 bits per heavy atom.